The fourth-order valence-electron chi connectivity index (χ4n) is 2.51. The summed E-state index contributed by atoms with van der Waals surface area (Å²) in [5.41, 5.74) is 0. The molecule has 0 saturated heterocycles. The van der Waals surface area contributed by atoms with Crippen molar-refractivity contribution in [1.82, 2.24) is 4.31 Å². The van der Waals surface area contributed by atoms with Crippen molar-refractivity contribution in [2.75, 3.05) is 33.9 Å². The molecule has 148 valence electrons. The number of hydrogen-bond acceptors (Lipinski definition) is 6. The van der Waals surface area contributed by atoms with Crippen LogP contribution in [-0.4, -0.2) is 58.9 Å². The van der Waals surface area contributed by atoms with Crippen molar-refractivity contribution in [3.05, 3.63) is 41.4 Å². The van der Waals surface area contributed by atoms with Crippen molar-refractivity contribution in [1.29, 1.82) is 0 Å². The first kappa shape index (κ1) is 21.6. The lowest BCUT2D eigenvalue weighted by molar-refractivity contribution is -0.145. The lowest BCUT2D eigenvalue weighted by atomic mass is 10.1. The number of methoxy groups -OCH3 is 2. The Labute approximate surface area is 163 Å². The zero-order chi connectivity index (χ0) is 20.0. The molecule has 0 radical (unpaired) electrons. The second kappa shape index (κ2) is 9.48. The topological polar surface area (TPSA) is 82.1 Å². The van der Waals surface area contributed by atoms with Crippen LogP contribution in [0.1, 0.15) is 6.92 Å². The molecule has 27 heavy (non-hydrogen) atoms. The number of carbonyl (C=O) groups is 1. The Bertz CT molecular complexity index is 898. The maximum absolute atomic E-state index is 13.1. The molecule has 2 rings (SSSR count). The summed E-state index contributed by atoms with van der Waals surface area (Å²) in [6.45, 7) is 1.20. The Morgan fingerprint density at radius 2 is 1.74 bits per heavy atom. The third-order valence-electron chi connectivity index (χ3n) is 3.90. The Hall–Kier alpha value is -1.71. The number of benzene rings is 2. The first-order valence-electron chi connectivity index (χ1n) is 8.22. The van der Waals surface area contributed by atoms with Gasteiger partial charge in [0.1, 0.15) is 6.54 Å². The normalized spacial score (nSPS) is 12.1. The quantitative estimate of drug-likeness (QED) is 0.462. The van der Waals surface area contributed by atoms with Crippen LogP contribution >= 0.6 is 11.6 Å². The van der Waals surface area contributed by atoms with Crippen LogP contribution in [0.3, 0.4) is 0 Å². The summed E-state index contributed by atoms with van der Waals surface area (Å²) in [6.07, 6.45) is -0.825. The molecule has 0 aliphatic heterocycles. The molecule has 0 aliphatic rings. The third kappa shape index (κ3) is 5.40. The molecule has 7 nitrogen and oxygen atoms in total. The largest absolute Gasteiger partial charge is 0.465 e. The molecule has 2 aromatic carbocycles. The molecule has 0 aromatic heterocycles. The highest BCUT2D eigenvalue weighted by atomic mass is 35.5. The van der Waals surface area contributed by atoms with Crippen molar-refractivity contribution >= 4 is 38.4 Å². The van der Waals surface area contributed by atoms with Crippen LogP contribution in [-0.2, 0) is 29.0 Å². The zero-order valence-corrected chi connectivity index (χ0v) is 16.9. The number of esters is 1. The minimum Gasteiger partial charge on any atom is -0.465 e. The smallest absolute Gasteiger partial charge is 0.321 e. The highest BCUT2D eigenvalue weighted by Gasteiger charge is 2.30. The second-order valence-electron chi connectivity index (χ2n) is 5.66. The van der Waals surface area contributed by atoms with Gasteiger partial charge in [-0.2, -0.15) is 4.31 Å². The van der Waals surface area contributed by atoms with Crippen LogP contribution < -0.4 is 0 Å². The highest BCUT2D eigenvalue weighted by Crippen LogP contribution is 2.25. The average molecular weight is 416 g/mol. The molecule has 0 saturated carbocycles. The maximum Gasteiger partial charge on any atom is 0.321 e. The fraction of sp³-hybridized carbons (Fsp3) is 0.389. The molecule has 0 spiro atoms. The van der Waals surface area contributed by atoms with E-state index in [0.29, 0.717) is 10.4 Å². The van der Waals surface area contributed by atoms with Crippen LogP contribution in [0.2, 0.25) is 5.02 Å². The Kier molecular flexibility index (Phi) is 7.58. The van der Waals surface area contributed by atoms with Crippen LogP contribution in [0.4, 0.5) is 0 Å². The highest BCUT2D eigenvalue weighted by molar-refractivity contribution is 7.89. The number of sulfonamides is 1. The summed E-state index contributed by atoms with van der Waals surface area (Å²) >= 11 is 5.97. The van der Waals surface area contributed by atoms with Crippen molar-refractivity contribution in [3.8, 4) is 0 Å². The molecule has 0 heterocycles. The van der Waals surface area contributed by atoms with Crippen LogP contribution in [0.25, 0.3) is 10.8 Å². The SMILES string of the molecule is CCOC(=O)CN(CC(OC)OC)S(=O)(=O)c1ccc2cc(Cl)ccc2c1. The van der Waals surface area contributed by atoms with Crippen molar-refractivity contribution < 1.29 is 27.4 Å². The van der Waals surface area contributed by atoms with Gasteiger partial charge in [-0.3, -0.25) is 4.79 Å². The number of rotatable bonds is 9. The lowest BCUT2D eigenvalue weighted by Crippen LogP contribution is -2.42. The zero-order valence-electron chi connectivity index (χ0n) is 15.3. The van der Waals surface area contributed by atoms with Gasteiger partial charge < -0.3 is 14.2 Å². The lowest BCUT2D eigenvalue weighted by Gasteiger charge is -2.25. The van der Waals surface area contributed by atoms with Gasteiger partial charge in [0.05, 0.1) is 18.0 Å². The second-order valence-corrected chi connectivity index (χ2v) is 8.03. The van der Waals surface area contributed by atoms with E-state index < -0.39 is 28.8 Å². The molecule has 0 amide bonds. The van der Waals surface area contributed by atoms with E-state index in [4.69, 9.17) is 25.8 Å². The average Bonchev–Trinajstić information content (AvgIpc) is 2.64. The number of carbonyl (C=O) groups excluding carboxylic acids is 1. The predicted molar refractivity (Wildman–Crippen MR) is 102 cm³/mol. The molecule has 0 fully saturated rings. The van der Waals surface area contributed by atoms with Gasteiger partial charge in [-0.05, 0) is 42.0 Å². The third-order valence-corrected chi connectivity index (χ3v) is 5.94. The predicted octanol–water partition coefficient (Wildman–Crippen LogP) is 2.67. The number of nitrogens with zero attached hydrogens (tertiary/aromatic N) is 1. The van der Waals surface area contributed by atoms with Crippen LogP contribution in [0.5, 0.6) is 0 Å². The van der Waals surface area contributed by atoms with Gasteiger partial charge in [0, 0.05) is 19.2 Å². The molecule has 2 aromatic rings. The standard InChI is InChI=1S/C18H22ClNO6S/c1-4-26-17(21)11-20(12-18(24-2)25-3)27(22,23)16-8-6-13-9-15(19)7-5-14(13)10-16/h5-10,18H,4,11-12H2,1-3H3. The van der Waals surface area contributed by atoms with Crippen LogP contribution in [0.15, 0.2) is 41.3 Å². The number of fused-ring (bicyclic) bond motifs is 1. The summed E-state index contributed by atoms with van der Waals surface area (Å²) < 4.78 is 42.3. The number of hydrogen-bond donors (Lipinski definition) is 0. The Morgan fingerprint density at radius 1 is 1.11 bits per heavy atom. The van der Waals surface area contributed by atoms with Crippen molar-refractivity contribution in [2.45, 2.75) is 18.1 Å². The number of halogens is 1. The van der Waals surface area contributed by atoms with E-state index in [9.17, 15) is 13.2 Å². The van der Waals surface area contributed by atoms with E-state index in [2.05, 4.69) is 0 Å². The molecular weight excluding hydrogens is 394 g/mol. The Balaban J connectivity index is 2.41. The first-order valence-corrected chi connectivity index (χ1v) is 10.0. The van der Waals surface area contributed by atoms with E-state index in [1.807, 2.05) is 0 Å². The summed E-state index contributed by atoms with van der Waals surface area (Å²) in [6, 6.07) is 9.84. The van der Waals surface area contributed by atoms with E-state index in [-0.39, 0.29) is 18.0 Å². The van der Waals surface area contributed by atoms with E-state index in [0.717, 1.165) is 9.69 Å². The summed E-state index contributed by atoms with van der Waals surface area (Å²) in [4.78, 5) is 12.0. The maximum atomic E-state index is 13.1. The monoisotopic (exact) mass is 415 g/mol. The summed E-state index contributed by atoms with van der Waals surface area (Å²) in [5.74, 6) is -0.653. The Morgan fingerprint density at radius 3 is 2.37 bits per heavy atom. The van der Waals surface area contributed by atoms with Crippen LogP contribution in [0, 0.1) is 0 Å². The van der Waals surface area contributed by atoms with Gasteiger partial charge in [0.15, 0.2) is 6.29 Å². The van der Waals surface area contributed by atoms with Crippen molar-refractivity contribution in [2.24, 2.45) is 0 Å². The van der Waals surface area contributed by atoms with E-state index in [1.165, 1.54) is 26.4 Å². The van der Waals surface area contributed by atoms with Gasteiger partial charge in [-0.1, -0.05) is 23.7 Å². The minimum atomic E-state index is -3.99. The molecule has 0 unspecified atom stereocenters. The van der Waals surface area contributed by atoms with Gasteiger partial charge >= 0.3 is 5.97 Å². The van der Waals surface area contributed by atoms with Gasteiger partial charge in [0.25, 0.3) is 0 Å². The first-order chi connectivity index (χ1) is 12.8. The molecule has 9 heteroatoms. The van der Waals surface area contributed by atoms with Gasteiger partial charge in [-0.25, -0.2) is 8.42 Å². The van der Waals surface area contributed by atoms with E-state index in [1.54, 1.807) is 31.2 Å². The van der Waals surface area contributed by atoms with Crippen molar-refractivity contribution in [3.63, 3.8) is 0 Å². The van der Waals surface area contributed by atoms with Gasteiger partial charge in [0.2, 0.25) is 10.0 Å². The molecule has 0 aliphatic carbocycles. The summed E-state index contributed by atoms with van der Waals surface area (Å²) in [7, 11) is -1.21. The molecule has 0 bridgehead atoms. The molecule has 0 N–H and O–H groups in total. The summed E-state index contributed by atoms with van der Waals surface area (Å²) in [5, 5.41) is 2.08. The minimum absolute atomic E-state index is 0.0487. The number of ether oxygens (including phenoxy) is 3. The van der Waals surface area contributed by atoms with Gasteiger partial charge in [-0.15, -0.1) is 0 Å². The molecule has 0 atom stereocenters. The van der Waals surface area contributed by atoms with E-state index >= 15 is 0 Å². The molecular formula is C18H22ClNO6S. The fourth-order valence-corrected chi connectivity index (χ4v) is 4.10.